The molecule has 1 unspecified atom stereocenters. The Morgan fingerprint density at radius 1 is 1.32 bits per heavy atom. The van der Waals surface area contributed by atoms with E-state index in [0.717, 1.165) is 31.6 Å². The predicted octanol–water partition coefficient (Wildman–Crippen LogP) is 2.64. The summed E-state index contributed by atoms with van der Waals surface area (Å²) in [4.78, 5) is 12.4. The molecule has 3 rings (SSSR count). The third kappa shape index (κ3) is 4.79. The second-order valence-corrected chi connectivity index (χ2v) is 6.25. The normalized spacial score (nSPS) is 15.9. The molecule has 1 aromatic carbocycles. The first-order valence-electron chi connectivity index (χ1n) is 8.53. The van der Waals surface area contributed by atoms with Gasteiger partial charge in [0.05, 0.1) is 0 Å². The summed E-state index contributed by atoms with van der Waals surface area (Å²) in [5.74, 6) is 1.53. The van der Waals surface area contributed by atoms with Crippen molar-refractivity contribution >= 4 is 17.5 Å². The highest BCUT2D eigenvalue weighted by Crippen LogP contribution is 2.25. The van der Waals surface area contributed by atoms with E-state index >= 15 is 0 Å². The summed E-state index contributed by atoms with van der Waals surface area (Å²) in [6, 6.07) is 9.08. The molecule has 1 aliphatic rings. The largest absolute Gasteiger partial charge is 0.490 e. The number of benzene rings is 1. The van der Waals surface area contributed by atoms with Gasteiger partial charge in [0.1, 0.15) is 24.3 Å². The van der Waals surface area contributed by atoms with Gasteiger partial charge in [0.15, 0.2) is 0 Å². The Kier molecular flexibility index (Phi) is 5.65. The molecule has 0 spiro atoms. The highest BCUT2D eigenvalue weighted by atomic mass is 19.1. The third-order valence-corrected chi connectivity index (χ3v) is 4.26. The summed E-state index contributed by atoms with van der Waals surface area (Å²) >= 11 is 0. The fourth-order valence-electron chi connectivity index (χ4n) is 2.91. The minimum Gasteiger partial charge on any atom is -0.490 e. The summed E-state index contributed by atoms with van der Waals surface area (Å²) in [5, 5.41) is 0. The van der Waals surface area contributed by atoms with E-state index in [0.29, 0.717) is 24.1 Å². The molecule has 1 fully saturated rings. The van der Waals surface area contributed by atoms with E-state index in [2.05, 4.69) is 14.9 Å². The van der Waals surface area contributed by atoms with Gasteiger partial charge in [-0.1, -0.05) is 6.07 Å². The first-order chi connectivity index (χ1) is 12.1. The van der Waals surface area contributed by atoms with Crippen LogP contribution in [0, 0.1) is 0 Å². The van der Waals surface area contributed by atoms with Crippen LogP contribution in [0.15, 0.2) is 36.5 Å². The maximum absolute atomic E-state index is 14.1. The number of anilines is 3. The second-order valence-electron chi connectivity index (χ2n) is 6.25. The maximum atomic E-state index is 14.1. The Morgan fingerprint density at radius 2 is 2.12 bits per heavy atom. The van der Waals surface area contributed by atoms with E-state index in [9.17, 15) is 4.39 Å². The number of hydrogen-bond donors (Lipinski definition) is 1. The van der Waals surface area contributed by atoms with Crippen LogP contribution in [0.4, 0.5) is 21.8 Å². The van der Waals surface area contributed by atoms with Gasteiger partial charge in [-0.3, -0.25) is 0 Å². The van der Waals surface area contributed by atoms with Crippen molar-refractivity contribution in [3.63, 3.8) is 0 Å². The van der Waals surface area contributed by atoms with Crippen LogP contribution in [0.2, 0.25) is 0 Å². The number of nitrogens with zero attached hydrogens (tertiary/aromatic N) is 4. The van der Waals surface area contributed by atoms with Crippen molar-refractivity contribution in [1.29, 1.82) is 0 Å². The molecule has 0 aliphatic carbocycles. The lowest BCUT2D eigenvalue weighted by molar-refractivity contribution is 0.150. The predicted molar refractivity (Wildman–Crippen MR) is 97.0 cm³/mol. The Balaban J connectivity index is 1.59. The molecule has 2 heterocycles. The van der Waals surface area contributed by atoms with Crippen molar-refractivity contribution < 1.29 is 9.13 Å². The van der Waals surface area contributed by atoms with E-state index in [1.165, 1.54) is 0 Å². The van der Waals surface area contributed by atoms with Gasteiger partial charge in [-0.25, -0.2) is 9.37 Å². The van der Waals surface area contributed by atoms with Crippen molar-refractivity contribution in [2.24, 2.45) is 0 Å². The highest BCUT2D eigenvalue weighted by Gasteiger charge is 2.17. The average molecular weight is 345 g/mol. The van der Waals surface area contributed by atoms with E-state index in [1.54, 1.807) is 17.2 Å². The molecule has 1 aliphatic heterocycles. The first-order valence-corrected chi connectivity index (χ1v) is 8.53. The number of nitrogens with two attached hydrogens (primary N) is 1. The number of alkyl halides is 1. The molecule has 0 radical (unpaired) electrons. The van der Waals surface area contributed by atoms with E-state index in [1.807, 2.05) is 31.3 Å². The highest BCUT2D eigenvalue weighted by molar-refractivity contribution is 5.59. The monoisotopic (exact) mass is 345 g/mol. The molecule has 0 saturated carbocycles. The second kappa shape index (κ2) is 8.11. The van der Waals surface area contributed by atoms with Crippen molar-refractivity contribution in [2.45, 2.75) is 19.0 Å². The number of hydrogen-bond acceptors (Lipinski definition) is 6. The van der Waals surface area contributed by atoms with Gasteiger partial charge >= 0.3 is 0 Å². The lowest BCUT2D eigenvalue weighted by atomic mass is 10.3. The van der Waals surface area contributed by atoms with Gasteiger partial charge in [0, 0.05) is 31.5 Å². The van der Waals surface area contributed by atoms with E-state index < -0.39 is 6.17 Å². The van der Waals surface area contributed by atoms with Gasteiger partial charge in [-0.2, -0.15) is 4.98 Å². The van der Waals surface area contributed by atoms with Gasteiger partial charge in [0.25, 0.3) is 0 Å². The molecule has 1 aromatic heterocycles. The Bertz CT molecular complexity index is 693. The number of nitrogen functional groups attached to an aromatic ring is 1. The molecule has 7 heteroatoms. The molecule has 1 saturated heterocycles. The number of rotatable bonds is 7. The number of likely N-dealkylation sites (tertiary alicyclic amines) is 1. The first kappa shape index (κ1) is 17.4. The summed E-state index contributed by atoms with van der Waals surface area (Å²) in [6.45, 7) is 2.47. The van der Waals surface area contributed by atoms with Crippen molar-refractivity contribution in [3.05, 3.63) is 36.5 Å². The van der Waals surface area contributed by atoms with Crippen molar-refractivity contribution in [1.82, 2.24) is 14.9 Å². The minimum atomic E-state index is -0.989. The number of aromatic nitrogens is 2. The minimum absolute atomic E-state index is 0.0540. The molecule has 2 aromatic rings. The Hall–Kier alpha value is -2.41. The van der Waals surface area contributed by atoms with Gasteiger partial charge in [-0.15, -0.1) is 0 Å². The van der Waals surface area contributed by atoms with Crippen LogP contribution in [0.5, 0.6) is 5.75 Å². The lowest BCUT2D eigenvalue weighted by Gasteiger charge is -2.20. The maximum Gasteiger partial charge on any atom is 0.231 e. The molecule has 6 nitrogen and oxygen atoms in total. The van der Waals surface area contributed by atoms with Crippen molar-refractivity contribution in [2.75, 3.05) is 43.9 Å². The van der Waals surface area contributed by atoms with Gasteiger partial charge < -0.3 is 20.3 Å². The quantitative estimate of drug-likeness (QED) is 0.832. The van der Waals surface area contributed by atoms with Crippen LogP contribution in [0.1, 0.15) is 12.8 Å². The summed E-state index contributed by atoms with van der Waals surface area (Å²) in [7, 11) is 1.85. The fourth-order valence-corrected chi connectivity index (χ4v) is 2.91. The fraction of sp³-hybridized carbons (Fsp3) is 0.444. The molecule has 2 N–H and O–H groups in total. The number of ether oxygens (including phenoxy) is 1. The van der Waals surface area contributed by atoms with Crippen molar-refractivity contribution in [3.8, 4) is 5.75 Å². The van der Waals surface area contributed by atoms with Crippen LogP contribution in [0.25, 0.3) is 0 Å². The molecule has 0 bridgehead atoms. The SMILES string of the molecule is CN(c1cccc(OCC(F)CN2CCCC2)c1)c1nccc(N)n1. The molecular formula is C18H24FN5O. The van der Waals surface area contributed by atoms with Gasteiger partial charge in [-0.05, 0) is 44.1 Å². The zero-order chi connectivity index (χ0) is 17.6. The average Bonchev–Trinajstić information content (AvgIpc) is 3.12. The lowest BCUT2D eigenvalue weighted by Crippen LogP contribution is -2.31. The van der Waals surface area contributed by atoms with Crippen LogP contribution in [-0.4, -0.2) is 54.3 Å². The summed E-state index contributed by atoms with van der Waals surface area (Å²) in [6.07, 6.45) is 2.94. The van der Waals surface area contributed by atoms with Crippen LogP contribution < -0.4 is 15.4 Å². The molecule has 1 atom stereocenters. The molecule has 0 amide bonds. The topological polar surface area (TPSA) is 67.5 Å². The smallest absolute Gasteiger partial charge is 0.231 e. The molecule has 25 heavy (non-hydrogen) atoms. The zero-order valence-corrected chi connectivity index (χ0v) is 14.4. The number of halogens is 1. The standard InChI is InChI=1S/C18H24FN5O/c1-23(18-21-8-7-17(20)22-18)15-5-4-6-16(11-15)25-13-14(19)12-24-9-2-3-10-24/h4-8,11,14H,2-3,9-10,12-13H2,1H3,(H2,20,21,22). The van der Waals surface area contributed by atoms with Crippen LogP contribution >= 0.6 is 0 Å². The zero-order valence-electron chi connectivity index (χ0n) is 14.4. The Morgan fingerprint density at radius 3 is 2.88 bits per heavy atom. The summed E-state index contributed by atoms with van der Waals surface area (Å²) in [5.41, 5.74) is 6.55. The van der Waals surface area contributed by atoms with E-state index in [-0.39, 0.29) is 6.61 Å². The molecular weight excluding hydrogens is 321 g/mol. The van der Waals surface area contributed by atoms with Crippen LogP contribution in [-0.2, 0) is 0 Å². The van der Waals surface area contributed by atoms with Crippen LogP contribution in [0.3, 0.4) is 0 Å². The van der Waals surface area contributed by atoms with E-state index in [4.69, 9.17) is 10.5 Å². The summed E-state index contributed by atoms with van der Waals surface area (Å²) < 4.78 is 19.7. The molecule has 134 valence electrons. The third-order valence-electron chi connectivity index (χ3n) is 4.26. The Labute approximate surface area is 147 Å². The van der Waals surface area contributed by atoms with Gasteiger partial charge in [0.2, 0.25) is 5.95 Å².